The molecule has 0 saturated heterocycles. The SMILES string of the molecule is NC(=S)N/N=C/c1cc([N+](=O)[O-])cs1. The lowest BCUT2D eigenvalue weighted by atomic mass is 10.4. The Morgan fingerprint density at radius 2 is 2.57 bits per heavy atom. The van der Waals surface area contributed by atoms with Crippen molar-refractivity contribution in [2.24, 2.45) is 10.8 Å². The van der Waals surface area contributed by atoms with Crippen LogP contribution in [0, 0.1) is 10.1 Å². The Hall–Kier alpha value is -1.54. The summed E-state index contributed by atoms with van der Waals surface area (Å²) in [6, 6.07) is 1.41. The first-order valence-electron chi connectivity index (χ1n) is 3.41. The van der Waals surface area contributed by atoms with E-state index in [-0.39, 0.29) is 10.8 Å². The van der Waals surface area contributed by atoms with Crippen molar-refractivity contribution in [3.8, 4) is 0 Å². The normalized spacial score (nSPS) is 10.3. The van der Waals surface area contributed by atoms with Crippen LogP contribution in [0.3, 0.4) is 0 Å². The van der Waals surface area contributed by atoms with Gasteiger partial charge in [0.1, 0.15) is 0 Å². The Morgan fingerprint density at radius 1 is 1.86 bits per heavy atom. The van der Waals surface area contributed by atoms with Crippen LogP contribution >= 0.6 is 23.6 Å². The van der Waals surface area contributed by atoms with Crippen molar-refractivity contribution in [2.45, 2.75) is 0 Å². The average Bonchev–Trinajstić information content (AvgIpc) is 2.52. The van der Waals surface area contributed by atoms with Crippen molar-refractivity contribution in [3.05, 3.63) is 26.4 Å². The van der Waals surface area contributed by atoms with Gasteiger partial charge in [0.2, 0.25) is 0 Å². The highest BCUT2D eigenvalue weighted by atomic mass is 32.1. The Bertz CT molecular complexity index is 387. The molecule has 0 spiro atoms. The highest BCUT2D eigenvalue weighted by Crippen LogP contribution is 2.19. The molecule has 0 amide bonds. The predicted molar refractivity (Wildman–Crippen MR) is 58.5 cm³/mol. The summed E-state index contributed by atoms with van der Waals surface area (Å²) in [6.07, 6.45) is 1.41. The van der Waals surface area contributed by atoms with E-state index in [0.717, 1.165) is 0 Å². The lowest BCUT2D eigenvalue weighted by Gasteiger charge is -1.90. The van der Waals surface area contributed by atoms with Crippen LogP contribution in [0.25, 0.3) is 0 Å². The van der Waals surface area contributed by atoms with Crippen molar-refractivity contribution in [1.82, 2.24) is 5.43 Å². The zero-order valence-corrected chi connectivity index (χ0v) is 8.47. The van der Waals surface area contributed by atoms with Crippen LogP contribution in [-0.2, 0) is 0 Å². The number of hydrogen-bond donors (Lipinski definition) is 2. The maximum Gasteiger partial charge on any atom is 0.280 e. The molecule has 0 saturated carbocycles. The third-order valence-corrected chi connectivity index (χ3v) is 2.13. The van der Waals surface area contributed by atoms with E-state index in [4.69, 9.17) is 5.73 Å². The molecule has 0 bridgehead atoms. The lowest BCUT2D eigenvalue weighted by molar-refractivity contribution is -0.384. The van der Waals surface area contributed by atoms with E-state index in [1.54, 1.807) is 0 Å². The predicted octanol–water partition coefficient (Wildman–Crippen LogP) is 0.823. The third-order valence-electron chi connectivity index (χ3n) is 1.18. The number of hydrogen-bond acceptors (Lipinski definition) is 5. The number of nitrogens with one attached hydrogen (secondary N) is 1. The van der Waals surface area contributed by atoms with E-state index in [1.165, 1.54) is 29.0 Å². The number of nitrogens with zero attached hydrogens (tertiary/aromatic N) is 2. The van der Waals surface area contributed by atoms with Gasteiger partial charge in [0.15, 0.2) is 5.11 Å². The summed E-state index contributed by atoms with van der Waals surface area (Å²) < 4.78 is 0. The zero-order chi connectivity index (χ0) is 10.6. The number of hydrazone groups is 1. The zero-order valence-electron chi connectivity index (χ0n) is 6.84. The molecule has 0 aliphatic heterocycles. The minimum Gasteiger partial charge on any atom is -0.375 e. The fourth-order valence-electron chi connectivity index (χ4n) is 0.665. The van der Waals surface area contributed by atoms with Gasteiger partial charge >= 0.3 is 0 Å². The summed E-state index contributed by atoms with van der Waals surface area (Å²) >= 11 is 5.72. The van der Waals surface area contributed by atoms with Gasteiger partial charge in [-0.2, -0.15) is 5.10 Å². The van der Waals surface area contributed by atoms with Gasteiger partial charge < -0.3 is 5.73 Å². The second-order valence-electron chi connectivity index (χ2n) is 2.20. The molecule has 0 aromatic carbocycles. The molecule has 14 heavy (non-hydrogen) atoms. The van der Waals surface area contributed by atoms with Gasteiger partial charge in [-0.25, -0.2) is 0 Å². The van der Waals surface area contributed by atoms with Crippen LogP contribution in [0.4, 0.5) is 5.69 Å². The molecule has 6 nitrogen and oxygen atoms in total. The van der Waals surface area contributed by atoms with Crippen molar-refractivity contribution in [1.29, 1.82) is 0 Å². The summed E-state index contributed by atoms with van der Waals surface area (Å²) in [5, 5.41) is 15.4. The molecule has 1 heterocycles. The molecule has 0 radical (unpaired) electrons. The van der Waals surface area contributed by atoms with Crippen molar-refractivity contribution in [3.63, 3.8) is 0 Å². The minimum atomic E-state index is -0.463. The second kappa shape index (κ2) is 4.63. The second-order valence-corrected chi connectivity index (χ2v) is 3.58. The Balaban J connectivity index is 2.64. The number of thiophene rings is 1. The fourth-order valence-corrected chi connectivity index (χ4v) is 1.43. The van der Waals surface area contributed by atoms with Crippen molar-refractivity contribution >= 4 is 40.6 Å². The molecule has 3 N–H and O–H groups in total. The topological polar surface area (TPSA) is 93.5 Å². The first-order chi connectivity index (χ1) is 6.59. The van der Waals surface area contributed by atoms with Gasteiger partial charge in [0.25, 0.3) is 5.69 Å². The van der Waals surface area contributed by atoms with Crippen LogP contribution in [0.1, 0.15) is 4.88 Å². The van der Waals surface area contributed by atoms with E-state index >= 15 is 0 Å². The first kappa shape index (κ1) is 10.5. The van der Waals surface area contributed by atoms with Crippen LogP contribution in [-0.4, -0.2) is 16.3 Å². The Morgan fingerprint density at radius 3 is 3.07 bits per heavy atom. The molecule has 0 unspecified atom stereocenters. The molecule has 1 aromatic heterocycles. The summed E-state index contributed by atoms with van der Waals surface area (Å²) in [5.74, 6) is 0. The van der Waals surface area contributed by atoms with Crippen LogP contribution in [0.15, 0.2) is 16.5 Å². The fraction of sp³-hybridized carbons (Fsp3) is 0. The lowest BCUT2D eigenvalue weighted by Crippen LogP contribution is -2.23. The van der Waals surface area contributed by atoms with Gasteiger partial charge in [0, 0.05) is 6.07 Å². The number of nitrogens with two attached hydrogens (primary N) is 1. The largest absolute Gasteiger partial charge is 0.375 e. The Labute approximate surface area is 88.6 Å². The van der Waals surface area contributed by atoms with Crippen molar-refractivity contribution in [2.75, 3.05) is 0 Å². The summed E-state index contributed by atoms with van der Waals surface area (Å²) in [5.41, 5.74) is 7.51. The highest BCUT2D eigenvalue weighted by Gasteiger charge is 2.07. The van der Waals surface area contributed by atoms with Gasteiger partial charge in [-0.1, -0.05) is 0 Å². The molecule has 74 valence electrons. The van der Waals surface area contributed by atoms with Crippen LogP contribution in [0.2, 0.25) is 0 Å². The van der Waals surface area contributed by atoms with E-state index in [9.17, 15) is 10.1 Å². The highest BCUT2D eigenvalue weighted by molar-refractivity contribution is 7.80. The molecule has 0 aliphatic rings. The molecular formula is C6H6N4O2S2. The standard InChI is InChI=1S/C6H6N4O2S2/c7-6(13)9-8-2-5-1-4(3-14-5)10(11)12/h1-3H,(H3,7,9,13)/b8-2+. The van der Waals surface area contributed by atoms with Crippen molar-refractivity contribution < 1.29 is 4.92 Å². The molecular weight excluding hydrogens is 224 g/mol. The van der Waals surface area contributed by atoms with E-state index in [1.807, 2.05) is 0 Å². The summed E-state index contributed by atoms with van der Waals surface area (Å²) in [4.78, 5) is 10.5. The maximum atomic E-state index is 10.3. The maximum absolute atomic E-state index is 10.3. The summed E-state index contributed by atoms with van der Waals surface area (Å²) in [6.45, 7) is 0. The quantitative estimate of drug-likeness (QED) is 0.347. The van der Waals surface area contributed by atoms with Gasteiger partial charge in [-0.15, -0.1) is 11.3 Å². The van der Waals surface area contributed by atoms with Gasteiger partial charge in [0.05, 0.1) is 21.4 Å². The summed E-state index contributed by atoms with van der Waals surface area (Å²) in [7, 11) is 0. The minimum absolute atomic E-state index is 0.0479. The van der Waals surface area contributed by atoms with E-state index in [2.05, 4.69) is 22.7 Å². The third kappa shape index (κ3) is 3.07. The molecule has 0 atom stereocenters. The number of nitro groups is 1. The van der Waals surface area contributed by atoms with E-state index in [0.29, 0.717) is 4.88 Å². The smallest absolute Gasteiger partial charge is 0.280 e. The Kier molecular flexibility index (Phi) is 3.48. The van der Waals surface area contributed by atoms with Crippen LogP contribution in [0.5, 0.6) is 0 Å². The number of rotatable bonds is 3. The molecule has 0 fully saturated rings. The van der Waals surface area contributed by atoms with Crippen LogP contribution < -0.4 is 11.2 Å². The number of thiocarbonyl (C=S) groups is 1. The molecule has 1 rings (SSSR count). The molecule has 8 heteroatoms. The average molecular weight is 230 g/mol. The molecule has 0 aliphatic carbocycles. The van der Waals surface area contributed by atoms with Gasteiger partial charge in [-0.3, -0.25) is 15.5 Å². The molecule has 1 aromatic rings. The first-order valence-corrected chi connectivity index (χ1v) is 4.70. The van der Waals surface area contributed by atoms with E-state index < -0.39 is 4.92 Å². The van der Waals surface area contributed by atoms with Gasteiger partial charge in [-0.05, 0) is 12.2 Å². The monoisotopic (exact) mass is 230 g/mol.